The first kappa shape index (κ1) is 22.9. The Hall–Kier alpha value is -4.31. The predicted octanol–water partition coefficient (Wildman–Crippen LogP) is 5.22. The Kier molecular flexibility index (Phi) is 6.79. The van der Waals surface area contributed by atoms with Crippen LogP contribution >= 0.6 is 11.3 Å². The second-order valence-electron chi connectivity index (χ2n) is 7.01. The van der Waals surface area contributed by atoms with Gasteiger partial charge < -0.3 is 24.8 Å². The molecule has 34 heavy (non-hydrogen) atoms. The number of urea groups is 1. The molecule has 174 valence electrons. The molecule has 3 amide bonds. The number of fused-ring (bicyclic) bond motifs is 1. The number of hydrogen-bond donors (Lipinski definition) is 3. The van der Waals surface area contributed by atoms with Crippen molar-refractivity contribution in [3.05, 3.63) is 66.2 Å². The molecule has 4 aromatic rings. The van der Waals surface area contributed by atoms with E-state index in [9.17, 15) is 9.59 Å². The highest BCUT2D eigenvalue weighted by molar-refractivity contribution is 7.22. The Morgan fingerprint density at radius 1 is 0.794 bits per heavy atom. The molecule has 0 unspecified atom stereocenters. The van der Waals surface area contributed by atoms with Crippen molar-refractivity contribution < 1.29 is 23.8 Å². The highest BCUT2D eigenvalue weighted by Crippen LogP contribution is 2.40. The Bertz CT molecular complexity index is 1310. The summed E-state index contributed by atoms with van der Waals surface area (Å²) >= 11 is 1.32. The van der Waals surface area contributed by atoms with E-state index in [1.165, 1.54) is 32.7 Å². The van der Waals surface area contributed by atoms with Gasteiger partial charge in [-0.15, -0.1) is 0 Å². The lowest BCUT2D eigenvalue weighted by Gasteiger charge is -2.15. The van der Waals surface area contributed by atoms with Crippen LogP contribution in [0.25, 0.3) is 10.2 Å². The standard InChI is InChI=1S/C24H22N4O5S/c1-31-18-11-16(12-19(32-2)21(18)33-3)26-23(30)25-15-9-10-17-20(13-15)34-24(27-17)28-22(29)14-7-5-4-6-8-14/h4-13H,1-3H3,(H2,25,26,30)(H,27,28,29). The van der Waals surface area contributed by atoms with Gasteiger partial charge in [0.15, 0.2) is 16.6 Å². The lowest BCUT2D eigenvalue weighted by atomic mass is 10.2. The summed E-state index contributed by atoms with van der Waals surface area (Å²) in [4.78, 5) is 29.4. The van der Waals surface area contributed by atoms with Gasteiger partial charge in [-0.1, -0.05) is 29.5 Å². The van der Waals surface area contributed by atoms with Crippen LogP contribution in [0.1, 0.15) is 10.4 Å². The molecule has 0 aliphatic carbocycles. The Balaban J connectivity index is 1.46. The molecule has 0 spiro atoms. The van der Waals surface area contributed by atoms with Crippen LogP contribution in [0.15, 0.2) is 60.7 Å². The number of nitrogens with one attached hydrogen (secondary N) is 3. The molecule has 9 nitrogen and oxygen atoms in total. The summed E-state index contributed by atoms with van der Waals surface area (Å²) in [6, 6.07) is 17.0. The molecule has 1 aromatic heterocycles. The van der Waals surface area contributed by atoms with Crippen LogP contribution in [0.4, 0.5) is 21.3 Å². The van der Waals surface area contributed by atoms with Gasteiger partial charge in [0.25, 0.3) is 5.91 Å². The molecule has 0 saturated carbocycles. The summed E-state index contributed by atoms with van der Waals surface area (Å²) in [5, 5.41) is 8.83. The van der Waals surface area contributed by atoms with Gasteiger partial charge in [-0.05, 0) is 30.3 Å². The Morgan fingerprint density at radius 2 is 1.47 bits per heavy atom. The minimum absolute atomic E-state index is 0.234. The van der Waals surface area contributed by atoms with Crippen molar-refractivity contribution in [2.45, 2.75) is 0 Å². The number of thiazole rings is 1. The average Bonchev–Trinajstić information content (AvgIpc) is 3.25. The zero-order valence-electron chi connectivity index (χ0n) is 18.7. The van der Waals surface area contributed by atoms with Gasteiger partial charge in [0.2, 0.25) is 5.75 Å². The van der Waals surface area contributed by atoms with Gasteiger partial charge in [-0.2, -0.15) is 0 Å². The van der Waals surface area contributed by atoms with Crippen molar-refractivity contribution in [2.75, 3.05) is 37.3 Å². The number of nitrogens with zero attached hydrogens (tertiary/aromatic N) is 1. The number of methoxy groups -OCH3 is 3. The molecule has 3 aromatic carbocycles. The molecule has 0 atom stereocenters. The number of carbonyl (C=O) groups excluding carboxylic acids is 2. The van der Waals surface area contributed by atoms with Crippen LogP contribution in [0.3, 0.4) is 0 Å². The van der Waals surface area contributed by atoms with Gasteiger partial charge in [0, 0.05) is 23.4 Å². The average molecular weight is 479 g/mol. The fourth-order valence-corrected chi connectivity index (χ4v) is 4.16. The number of amides is 3. The summed E-state index contributed by atoms with van der Waals surface area (Å²) in [6.45, 7) is 0. The first-order valence-corrected chi connectivity index (χ1v) is 11.0. The highest BCUT2D eigenvalue weighted by Gasteiger charge is 2.15. The maximum absolute atomic E-state index is 12.6. The number of rotatable bonds is 7. The van der Waals surface area contributed by atoms with Gasteiger partial charge in [0.1, 0.15) is 0 Å². The van der Waals surface area contributed by atoms with Gasteiger partial charge >= 0.3 is 6.03 Å². The Labute approximate surface area is 199 Å². The number of ether oxygens (including phenoxy) is 3. The molecule has 0 radical (unpaired) electrons. The van der Waals surface area contributed by atoms with E-state index in [2.05, 4.69) is 20.9 Å². The minimum atomic E-state index is -0.448. The van der Waals surface area contributed by atoms with E-state index in [-0.39, 0.29) is 5.91 Å². The second kappa shape index (κ2) is 10.1. The summed E-state index contributed by atoms with van der Waals surface area (Å²) in [6.07, 6.45) is 0. The first-order valence-electron chi connectivity index (χ1n) is 10.2. The number of carbonyl (C=O) groups is 2. The summed E-state index contributed by atoms with van der Waals surface area (Å²) in [7, 11) is 4.51. The Morgan fingerprint density at radius 3 is 2.12 bits per heavy atom. The lowest BCUT2D eigenvalue weighted by molar-refractivity contribution is 0.102. The number of hydrogen-bond acceptors (Lipinski definition) is 7. The van der Waals surface area contributed by atoms with Crippen molar-refractivity contribution in [3.8, 4) is 17.2 Å². The van der Waals surface area contributed by atoms with Crippen molar-refractivity contribution in [3.63, 3.8) is 0 Å². The fraction of sp³-hybridized carbons (Fsp3) is 0.125. The van der Waals surface area contributed by atoms with E-state index < -0.39 is 6.03 Å². The molecular weight excluding hydrogens is 456 g/mol. The van der Waals surface area contributed by atoms with Crippen LogP contribution in [-0.2, 0) is 0 Å². The zero-order chi connectivity index (χ0) is 24.1. The normalized spacial score (nSPS) is 10.4. The lowest BCUT2D eigenvalue weighted by Crippen LogP contribution is -2.19. The van der Waals surface area contributed by atoms with Gasteiger partial charge in [-0.25, -0.2) is 9.78 Å². The maximum atomic E-state index is 12.6. The molecular formula is C24H22N4O5S. The van der Waals surface area contributed by atoms with Gasteiger partial charge in [-0.3, -0.25) is 10.1 Å². The third-order valence-electron chi connectivity index (χ3n) is 4.83. The third-order valence-corrected chi connectivity index (χ3v) is 5.76. The smallest absolute Gasteiger partial charge is 0.323 e. The molecule has 0 bridgehead atoms. The minimum Gasteiger partial charge on any atom is -0.493 e. The van der Waals surface area contributed by atoms with Crippen LogP contribution in [0, 0.1) is 0 Å². The number of anilines is 3. The third kappa shape index (κ3) is 5.02. The van der Waals surface area contributed by atoms with Crippen LogP contribution in [-0.4, -0.2) is 38.3 Å². The molecule has 10 heteroatoms. The molecule has 0 saturated heterocycles. The number of benzene rings is 3. The van der Waals surface area contributed by atoms with Crippen molar-refractivity contribution in [1.29, 1.82) is 0 Å². The van der Waals surface area contributed by atoms with E-state index in [1.807, 2.05) is 6.07 Å². The topological polar surface area (TPSA) is 111 Å². The summed E-state index contributed by atoms with van der Waals surface area (Å²) in [5.74, 6) is 1.05. The molecule has 1 heterocycles. The predicted molar refractivity (Wildman–Crippen MR) is 133 cm³/mol. The molecule has 3 N–H and O–H groups in total. The van der Waals surface area contributed by atoms with Crippen molar-refractivity contribution in [2.24, 2.45) is 0 Å². The number of aromatic nitrogens is 1. The monoisotopic (exact) mass is 478 g/mol. The van der Waals surface area contributed by atoms with Crippen LogP contribution < -0.4 is 30.2 Å². The molecule has 4 rings (SSSR count). The summed E-state index contributed by atoms with van der Waals surface area (Å²) in [5.41, 5.74) is 2.30. The van der Waals surface area contributed by atoms with E-state index in [4.69, 9.17) is 14.2 Å². The SMILES string of the molecule is COc1cc(NC(=O)Nc2ccc3nc(NC(=O)c4ccccc4)sc3c2)cc(OC)c1OC. The fourth-order valence-electron chi connectivity index (χ4n) is 3.26. The molecule has 0 fully saturated rings. The van der Waals surface area contributed by atoms with Crippen molar-refractivity contribution >= 4 is 50.0 Å². The maximum Gasteiger partial charge on any atom is 0.323 e. The van der Waals surface area contributed by atoms with E-state index in [0.717, 1.165) is 4.70 Å². The molecule has 0 aliphatic heterocycles. The first-order chi connectivity index (χ1) is 16.5. The van der Waals surface area contributed by atoms with Gasteiger partial charge in [0.05, 0.1) is 37.2 Å². The summed E-state index contributed by atoms with van der Waals surface area (Å²) < 4.78 is 16.7. The van der Waals surface area contributed by atoms with E-state index in [1.54, 1.807) is 54.6 Å². The second-order valence-corrected chi connectivity index (χ2v) is 8.05. The van der Waals surface area contributed by atoms with E-state index in [0.29, 0.717) is 44.8 Å². The van der Waals surface area contributed by atoms with Crippen LogP contribution in [0.2, 0.25) is 0 Å². The highest BCUT2D eigenvalue weighted by atomic mass is 32.1. The van der Waals surface area contributed by atoms with Crippen molar-refractivity contribution in [1.82, 2.24) is 4.98 Å². The molecule has 0 aliphatic rings. The quantitative estimate of drug-likeness (QED) is 0.336. The zero-order valence-corrected chi connectivity index (χ0v) is 19.5. The van der Waals surface area contributed by atoms with E-state index >= 15 is 0 Å². The largest absolute Gasteiger partial charge is 0.493 e. The van der Waals surface area contributed by atoms with Crippen LogP contribution in [0.5, 0.6) is 17.2 Å².